The predicted molar refractivity (Wildman–Crippen MR) is 42.4 cm³/mol. The van der Waals surface area contributed by atoms with Gasteiger partial charge >= 0.3 is 0 Å². The highest BCUT2D eigenvalue weighted by molar-refractivity contribution is 5.30. The Balaban J connectivity index is 2.66. The fourth-order valence-electron chi connectivity index (χ4n) is 0.781. The molecular formula is C8H11NO2. The van der Waals surface area contributed by atoms with E-state index in [1.54, 1.807) is 12.1 Å². The monoisotopic (exact) mass is 153 g/mol. The van der Waals surface area contributed by atoms with E-state index in [1.807, 2.05) is 19.1 Å². The number of hydrogen-bond acceptors (Lipinski definition) is 3. The van der Waals surface area contributed by atoms with Crippen molar-refractivity contribution in [2.75, 3.05) is 6.61 Å². The molecule has 0 aliphatic rings. The Labute approximate surface area is 65.7 Å². The lowest BCUT2D eigenvalue weighted by molar-refractivity contribution is 0.327. The molecular weight excluding hydrogens is 142 g/mol. The molecule has 1 aromatic carbocycles. The number of nitrogens with two attached hydrogens (primary N) is 1. The van der Waals surface area contributed by atoms with Gasteiger partial charge in [-0.3, -0.25) is 0 Å². The Morgan fingerprint density at radius 2 is 1.73 bits per heavy atom. The fraction of sp³-hybridized carbons (Fsp3) is 0.250. The summed E-state index contributed by atoms with van der Waals surface area (Å²) in [5.74, 6) is 6.39. The molecule has 60 valence electrons. The zero-order valence-corrected chi connectivity index (χ0v) is 6.41. The summed E-state index contributed by atoms with van der Waals surface area (Å²) in [5.41, 5.74) is 0. The smallest absolute Gasteiger partial charge is 0.147 e. The van der Waals surface area contributed by atoms with Gasteiger partial charge in [0.1, 0.15) is 11.5 Å². The normalized spacial score (nSPS) is 9.27. The summed E-state index contributed by atoms with van der Waals surface area (Å²) in [7, 11) is 0. The van der Waals surface area contributed by atoms with Gasteiger partial charge in [-0.25, -0.2) is 0 Å². The van der Waals surface area contributed by atoms with Crippen LogP contribution in [-0.4, -0.2) is 6.61 Å². The maximum absolute atomic E-state index is 5.21. The molecule has 1 aromatic rings. The van der Waals surface area contributed by atoms with E-state index in [0.717, 1.165) is 5.75 Å². The summed E-state index contributed by atoms with van der Waals surface area (Å²) >= 11 is 0. The molecule has 0 aliphatic heterocycles. The maximum Gasteiger partial charge on any atom is 0.147 e. The minimum absolute atomic E-state index is 0.633. The summed E-state index contributed by atoms with van der Waals surface area (Å²) in [5, 5.41) is 0. The first-order chi connectivity index (χ1) is 5.36. The second-order valence-corrected chi connectivity index (χ2v) is 2.02. The van der Waals surface area contributed by atoms with Gasteiger partial charge in [0.2, 0.25) is 0 Å². The van der Waals surface area contributed by atoms with Crippen LogP contribution in [0.25, 0.3) is 0 Å². The largest absolute Gasteiger partial charge is 0.494 e. The number of hydrogen-bond donors (Lipinski definition) is 1. The molecule has 0 bridgehead atoms. The molecule has 3 heteroatoms. The minimum Gasteiger partial charge on any atom is -0.494 e. The third-order valence-corrected chi connectivity index (χ3v) is 1.27. The molecule has 0 aliphatic carbocycles. The second-order valence-electron chi connectivity index (χ2n) is 2.02. The van der Waals surface area contributed by atoms with Crippen molar-refractivity contribution in [2.45, 2.75) is 6.92 Å². The van der Waals surface area contributed by atoms with Crippen molar-refractivity contribution in [1.29, 1.82) is 0 Å². The van der Waals surface area contributed by atoms with Gasteiger partial charge in [-0.15, -0.1) is 0 Å². The lowest BCUT2D eigenvalue weighted by Crippen LogP contribution is -2.01. The van der Waals surface area contributed by atoms with Gasteiger partial charge in [0.25, 0.3) is 0 Å². The van der Waals surface area contributed by atoms with Crippen molar-refractivity contribution in [3.63, 3.8) is 0 Å². The van der Waals surface area contributed by atoms with Crippen LogP contribution in [0.3, 0.4) is 0 Å². The Hall–Kier alpha value is -1.22. The SMILES string of the molecule is CCOc1ccc(ON)cc1. The van der Waals surface area contributed by atoms with E-state index in [0.29, 0.717) is 12.4 Å². The van der Waals surface area contributed by atoms with Gasteiger partial charge in [-0.1, -0.05) is 0 Å². The molecule has 0 heterocycles. The molecule has 0 fully saturated rings. The fourth-order valence-corrected chi connectivity index (χ4v) is 0.781. The highest BCUT2D eigenvalue weighted by Gasteiger charge is 1.92. The molecule has 0 saturated carbocycles. The Bertz CT molecular complexity index is 208. The number of ether oxygens (including phenoxy) is 1. The van der Waals surface area contributed by atoms with Crippen molar-refractivity contribution < 1.29 is 9.57 Å². The van der Waals surface area contributed by atoms with Gasteiger partial charge in [-0.05, 0) is 31.2 Å². The third kappa shape index (κ3) is 2.13. The number of rotatable bonds is 3. The van der Waals surface area contributed by atoms with E-state index in [-0.39, 0.29) is 0 Å². The van der Waals surface area contributed by atoms with Crippen molar-refractivity contribution in [2.24, 2.45) is 5.90 Å². The third-order valence-electron chi connectivity index (χ3n) is 1.27. The van der Waals surface area contributed by atoms with E-state index in [4.69, 9.17) is 10.6 Å². The van der Waals surface area contributed by atoms with Crippen LogP contribution in [-0.2, 0) is 0 Å². The summed E-state index contributed by atoms with van der Waals surface area (Å²) in [4.78, 5) is 4.49. The van der Waals surface area contributed by atoms with Crippen molar-refractivity contribution >= 4 is 0 Å². The molecule has 1 rings (SSSR count). The van der Waals surface area contributed by atoms with Gasteiger partial charge in [0, 0.05) is 0 Å². The zero-order chi connectivity index (χ0) is 8.10. The second kappa shape index (κ2) is 3.83. The molecule has 0 spiro atoms. The van der Waals surface area contributed by atoms with Gasteiger partial charge in [-0.2, -0.15) is 5.90 Å². The number of benzene rings is 1. The summed E-state index contributed by atoms with van der Waals surface area (Å²) in [6, 6.07) is 7.13. The van der Waals surface area contributed by atoms with Crippen LogP contribution in [0.1, 0.15) is 6.92 Å². The lowest BCUT2D eigenvalue weighted by atomic mass is 10.3. The Morgan fingerprint density at radius 1 is 1.18 bits per heavy atom. The predicted octanol–water partition coefficient (Wildman–Crippen LogP) is 1.34. The first-order valence-corrected chi connectivity index (χ1v) is 3.46. The molecule has 2 N–H and O–H groups in total. The van der Waals surface area contributed by atoms with E-state index >= 15 is 0 Å². The lowest BCUT2D eigenvalue weighted by Gasteiger charge is -2.02. The van der Waals surface area contributed by atoms with E-state index in [2.05, 4.69) is 4.84 Å². The Kier molecular flexibility index (Phi) is 2.74. The molecule has 0 amide bonds. The van der Waals surface area contributed by atoms with Crippen LogP contribution < -0.4 is 15.5 Å². The van der Waals surface area contributed by atoms with Crippen molar-refractivity contribution in [1.82, 2.24) is 0 Å². The first kappa shape index (κ1) is 7.88. The highest BCUT2D eigenvalue weighted by Crippen LogP contribution is 2.15. The van der Waals surface area contributed by atoms with Crippen LogP contribution in [0.2, 0.25) is 0 Å². The summed E-state index contributed by atoms with van der Waals surface area (Å²) in [6.45, 7) is 2.61. The van der Waals surface area contributed by atoms with E-state index < -0.39 is 0 Å². The molecule has 0 unspecified atom stereocenters. The molecule has 0 radical (unpaired) electrons. The molecule has 0 atom stereocenters. The average molecular weight is 153 g/mol. The molecule has 0 aromatic heterocycles. The van der Waals surface area contributed by atoms with Crippen LogP contribution in [0.5, 0.6) is 11.5 Å². The van der Waals surface area contributed by atoms with Gasteiger partial charge < -0.3 is 9.57 Å². The quantitative estimate of drug-likeness (QED) is 0.666. The van der Waals surface area contributed by atoms with E-state index in [1.165, 1.54) is 0 Å². The van der Waals surface area contributed by atoms with Crippen LogP contribution in [0.4, 0.5) is 0 Å². The van der Waals surface area contributed by atoms with Crippen LogP contribution in [0, 0.1) is 0 Å². The van der Waals surface area contributed by atoms with Crippen LogP contribution in [0.15, 0.2) is 24.3 Å². The maximum atomic E-state index is 5.21. The minimum atomic E-state index is 0.633. The molecule has 0 saturated heterocycles. The summed E-state index contributed by atoms with van der Waals surface area (Å²) < 4.78 is 5.21. The topological polar surface area (TPSA) is 44.5 Å². The van der Waals surface area contributed by atoms with Crippen molar-refractivity contribution in [3.05, 3.63) is 24.3 Å². The molecule has 3 nitrogen and oxygen atoms in total. The van der Waals surface area contributed by atoms with Gasteiger partial charge in [0.05, 0.1) is 6.61 Å². The Morgan fingerprint density at radius 3 is 2.18 bits per heavy atom. The standard InChI is InChI=1S/C8H11NO2/c1-2-10-7-3-5-8(11-9)6-4-7/h3-6H,2,9H2,1H3. The first-order valence-electron chi connectivity index (χ1n) is 3.46. The average Bonchev–Trinajstić information content (AvgIpc) is 2.07. The van der Waals surface area contributed by atoms with Crippen molar-refractivity contribution in [3.8, 4) is 11.5 Å². The van der Waals surface area contributed by atoms with Crippen LogP contribution >= 0.6 is 0 Å². The van der Waals surface area contributed by atoms with E-state index in [9.17, 15) is 0 Å². The summed E-state index contributed by atoms with van der Waals surface area (Å²) in [6.07, 6.45) is 0. The zero-order valence-electron chi connectivity index (χ0n) is 6.41. The molecule has 11 heavy (non-hydrogen) atoms. The highest BCUT2D eigenvalue weighted by atomic mass is 16.6. The van der Waals surface area contributed by atoms with Gasteiger partial charge in [0.15, 0.2) is 0 Å².